The molecule has 0 radical (unpaired) electrons. The van der Waals surface area contributed by atoms with Gasteiger partial charge in [-0.2, -0.15) is 0 Å². The number of hydrogen-bond donors (Lipinski definition) is 2. The van der Waals surface area contributed by atoms with Crippen LogP contribution in [0.1, 0.15) is 37.3 Å². The number of piperidine rings is 1. The molecule has 3 atom stereocenters. The van der Waals surface area contributed by atoms with Gasteiger partial charge in [0, 0.05) is 41.8 Å². The van der Waals surface area contributed by atoms with Crippen LogP contribution in [0.2, 0.25) is 0 Å². The van der Waals surface area contributed by atoms with Gasteiger partial charge in [0.15, 0.2) is 0 Å². The average Bonchev–Trinajstić information content (AvgIpc) is 2.61. The summed E-state index contributed by atoms with van der Waals surface area (Å²) in [6, 6.07) is 3.32. The van der Waals surface area contributed by atoms with Crippen molar-refractivity contribution < 1.29 is 0 Å². The molecule has 2 aliphatic heterocycles. The Morgan fingerprint density at radius 1 is 1.33 bits per heavy atom. The van der Waals surface area contributed by atoms with E-state index in [4.69, 9.17) is 11.5 Å². The van der Waals surface area contributed by atoms with Gasteiger partial charge < -0.3 is 16.4 Å². The Bertz CT molecular complexity index is 420. The lowest BCUT2D eigenvalue weighted by atomic mass is 9.82. The number of pyridine rings is 1. The molecule has 4 N–H and O–H groups in total. The van der Waals surface area contributed by atoms with E-state index in [1.165, 1.54) is 25.7 Å². The van der Waals surface area contributed by atoms with Crippen molar-refractivity contribution in [3.63, 3.8) is 0 Å². The van der Waals surface area contributed by atoms with Crippen molar-refractivity contribution in [2.75, 3.05) is 12.8 Å². The molecule has 1 aromatic rings. The maximum atomic E-state index is 6.43. The summed E-state index contributed by atoms with van der Waals surface area (Å²) in [5.74, 6) is 0.546. The Morgan fingerprint density at radius 2 is 2.00 bits per heavy atom. The average molecular weight is 246 g/mol. The van der Waals surface area contributed by atoms with E-state index in [2.05, 4.69) is 16.9 Å². The van der Waals surface area contributed by atoms with Gasteiger partial charge in [-0.3, -0.25) is 4.98 Å². The topological polar surface area (TPSA) is 68.2 Å². The van der Waals surface area contributed by atoms with Crippen LogP contribution in [-0.4, -0.2) is 29.0 Å². The molecule has 3 heterocycles. The molecule has 0 spiro atoms. The van der Waals surface area contributed by atoms with Gasteiger partial charge in [0.05, 0.1) is 0 Å². The number of nitrogens with two attached hydrogens (primary N) is 2. The summed E-state index contributed by atoms with van der Waals surface area (Å²) in [7, 11) is 2.25. The minimum atomic E-state index is 0.0375. The predicted molar refractivity (Wildman–Crippen MR) is 72.9 cm³/mol. The van der Waals surface area contributed by atoms with Crippen molar-refractivity contribution in [1.82, 2.24) is 9.88 Å². The van der Waals surface area contributed by atoms with Crippen molar-refractivity contribution >= 4 is 5.69 Å². The van der Waals surface area contributed by atoms with Gasteiger partial charge in [0.2, 0.25) is 0 Å². The number of anilines is 1. The number of aromatic nitrogens is 1. The highest BCUT2D eigenvalue weighted by molar-refractivity contribution is 5.46. The SMILES string of the molecule is CN1C2CCC1CC(C(N)c1cnccc1N)C2. The first-order chi connectivity index (χ1) is 8.66. The first-order valence-corrected chi connectivity index (χ1v) is 6.83. The van der Waals surface area contributed by atoms with Crippen LogP contribution >= 0.6 is 0 Å². The molecule has 4 heteroatoms. The lowest BCUT2D eigenvalue weighted by Gasteiger charge is -2.39. The maximum absolute atomic E-state index is 6.43. The van der Waals surface area contributed by atoms with E-state index in [0.29, 0.717) is 5.92 Å². The van der Waals surface area contributed by atoms with Gasteiger partial charge in [-0.1, -0.05) is 0 Å². The molecule has 3 rings (SSSR count). The van der Waals surface area contributed by atoms with Crippen molar-refractivity contribution in [3.05, 3.63) is 24.0 Å². The van der Waals surface area contributed by atoms with Crippen LogP contribution in [0.3, 0.4) is 0 Å². The summed E-state index contributed by atoms with van der Waals surface area (Å²) in [6.07, 6.45) is 8.61. The molecular weight excluding hydrogens is 224 g/mol. The number of nitrogens with zero attached hydrogens (tertiary/aromatic N) is 2. The van der Waals surface area contributed by atoms with Crippen LogP contribution in [0.4, 0.5) is 5.69 Å². The highest BCUT2D eigenvalue weighted by atomic mass is 15.2. The van der Waals surface area contributed by atoms with Crippen LogP contribution in [0.25, 0.3) is 0 Å². The van der Waals surface area contributed by atoms with E-state index in [1.54, 1.807) is 6.20 Å². The molecule has 0 aromatic carbocycles. The number of hydrogen-bond acceptors (Lipinski definition) is 4. The zero-order valence-corrected chi connectivity index (χ0v) is 10.9. The molecule has 3 unspecified atom stereocenters. The van der Waals surface area contributed by atoms with Crippen molar-refractivity contribution in [1.29, 1.82) is 0 Å². The largest absolute Gasteiger partial charge is 0.398 e. The van der Waals surface area contributed by atoms with Crippen molar-refractivity contribution in [3.8, 4) is 0 Å². The number of fused-ring (bicyclic) bond motifs is 2. The maximum Gasteiger partial charge on any atom is 0.0393 e. The Balaban J connectivity index is 1.78. The summed E-state index contributed by atoms with van der Waals surface area (Å²) < 4.78 is 0. The molecule has 4 nitrogen and oxygen atoms in total. The van der Waals surface area contributed by atoms with Crippen LogP contribution in [0, 0.1) is 5.92 Å². The molecule has 2 bridgehead atoms. The van der Waals surface area contributed by atoms with Crippen LogP contribution in [0.5, 0.6) is 0 Å². The normalized spacial score (nSPS) is 33.6. The minimum absolute atomic E-state index is 0.0375. The van der Waals surface area contributed by atoms with Gasteiger partial charge in [0.1, 0.15) is 0 Å². The summed E-state index contributed by atoms with van der Waals surface area (Å²) in [4.78, 5) is 6.70. The van der Waals surface area contributed by atoms with Gasteiger partial charge in [-0.15, -0.1) is 0 Å². The van der Waals surface area contributed by atoms with Gasteiger partial charge >= 0.3 is 0 Å². The third kappa shape index (κ3) is 1.89. The van der Waals surface area contributed by atoms with Gasteiger partial charge in [-0.25, -0.2) is 0 Å². The standard InChI is InChI=1S/C14H22N4/c1-18-10-2-3-11(18)7-9(6-10)14(16)12-8-17-5-4-13(12)15/h4-5,8-11,14H,2-3,6-7,16H2,1H3,(H2,15,17). The Labute approximate surface area is 108 Å². The van der Waals surface area contributed by atoms with E-state index < -0.39 is 0 Å². The monoisotopic (exact) mass is 246 g/mol. The van der Waals surface area contributed by atoms with E-state index in [1.807, 2.05) is 12.3 Å². The third-order valence-electron chi connectivity index (χ3n) is 4.89. The summed E-state index contributed by atoms with van der Waals surface area (Å²) in [6.45, 7) is 0. The first-order valence-electron chi connectivity index (χ1n) is 6.83. The molecular formula is C14H22N4. The van der Waals surface area contributed by atoms with Crippen molar-refractivity contribution in [2.45, 2.75) is 43.8 Å². The van der Waals surface area contributed by atoms with E-state index in [0.717, 1.165) is 23.3 Å². The zero-order chi connectivity index (χ0) is 12.7. The van der Waals surface area contributed by atoms with Gasteiger partial charge in [0.25, 0.3) is 0 Å². The molecule has 2 fully saturated rings. The molecule has 18 heavy (non-hydrogen) atoms. The van der Waals surface area contributed by atoms with Crippen LogP contribution in [-0.2, 0) is 0 Å². The fourth-order valence-corrected chi connectivity index (χ4v) is 3.70. The summed E-state index contributed by atoms with van der Waals surface area (Å²) >= 11 is 0. The Morgan fingerprint density at radius 3 is 2.61 bits per heavy atom. The zero-order valence-electron chi connectivity index (χ0n) is 10.9. The quantitative estimate of drug-likeness (QED) is 0.830. The van der Waals surface area contributed by atoms with Crippen LogP contribution < -0.4 is 11.5 Å². The van der Waals surface area contributed by atoms with Crippen molar-refractivity contribution in [2.24, 2.45) is 11.7 Å². The second kappa shape index (κ2) is 4.52. The lowest BCUT2D eigenvalue weighted by Crippen LogP contribution is -2.42. The highest BCUT2D eigenvalue weighted by Crippen LogP contribution is 2.42. The molecule has 1 aromatic heterocycles. The molecule has 0 saturated carbocycles. The lowest BCUT2D eigenvalue weighted by molar-refractivity contribution is 0.121. The fourth-order valence-electron chi connectivity index (χ4n) is 3.70. The molecule has 2 saturated heterocycles. The van der Waals surface area contributed by atoms with E-state index in [-0.39, 0.29) is 6.04 Å². The molecule has 0 aliphatic carbocycles. The molecule has 2 aliphatic rings. The summed E-state index contributed by atoms with van der Waals surface area (Å²) in [5.41, 5.74) is 14.2. The van der Waals surface area contributed by atoms with E-state index >= 15 is 0 Å². The second-order valence-electron chi connectivity index (χ2n) is 5.81. The predicted octanol–water partition coefficient (Wildman–Crippen LogP) is 1.54. The summed E-state index contributed by atoms with van der Waals surface area (Å²) in [5, 5.41) is 0. The fraction of sp³-hybridized carbons (Fsp3) is 0.643. The molecule has 0 amide bonds. The smallest absolute Gasteiger partial charge is 0.0393 e. The third-order valence-corrected chi connectivity index (χ3v) is 4.89. The van der Waals surface area contributed by atoms with Crippen LogP contribution in [0.15, 0.2) is 18.5 Å². The van der Waals surface area contributed by atoms with E-state index in [9.17, 15) is 0 Å². The number of nitrogen functional groups attached to an aromatic ring is 1. The number of rotatable bonds is 2. The Hall–Kier alpha value is -1.13. The Kier molecular flexibility index (Phi) is 2.99. The molecule has 98 valence electrons. The second-order valence-corrected chi connectivity index (χ2v) is 5.81. The minimum Gasteiger partial charge on any atom is -0.398 e. The first kappa shape index (κ1) is 11.9. The highest BCUT2D eigenvalue weighted by Gasteiger charge is 2.40. The van der Waals surface area contributed by atoms with Gasteiger partial charge in [-0.05, 0) is 44.7 Å².